The lowest BCUT2D eigenvalue weighted by Crippen LogP contribution is -2.76. The number of benzene rings is 1. The molecule has 2 heterocycles. The van der Waals surface area contributed by atoms with Crippen molar-refractivity contribution < 1.29 is 24.2 Å². The van der Waals surface area contributed by atoms with Crippen LogP contribution in [0.5, 0.6) is 11.5 Å². The third-order valence-corrected chi connectivity index (χ3v) is 7.24. The van der Waals surface area contributed by atoms with Crippen molar-refractivity contribution in [2.75, 3.05) is 20.7 Å². The van der Waals surface area contributed by atoms with E-state index in [9.17, 15) is 14.7 Å². The van der Waals surface area contributed by atoms with Crippen LogP contribution in [-0.2, 0) is 16.6 Å². The van der Waals surface area contributed by atoms with E-state index in [-0.39, 0.29) is 17.6 Å². The highest BCUT2D eigenvalue weighted by atomic mass is 16.5. The molecule has 0 aromatic heterocycles. The Morgan fingerprint density at radius 2 is 2.19 bits per heavy atom. The first-order chi connectivity index (χ1) is 12.3. The number of nitrogens with zero attached hydrogens (tertiary/aromatic N) is 1. The van der Waals surface area contributed by atoms with Crippen LogP contribution in [0.2, 0.25) is 0 Å². The summed E-state index contributed by atoms with van der Waals surface area (Å²) in [6.07, 6.45) is 1.28. The van der Waals surface area contributed by atoms with E-state index >= 15 is 0 Å². The van der Waals surface area contributed by atoms with Crippen molar-refractivity contribution in [3.63, 3.8) is 0 Å². The number of hydrogen-bond donors (Lipinski definition) is 1. The van der Waals surface area contributed by atoms with Gasteiger partial charge in [-0.2, -0.15) is 0 Å². The van der Waals surface area contributed by atoms with Gasteiger partial charge in [0.1, 0.15) is 0 Å². The minimum Gasteiger partial charge on any atom is -0.493 e. The largest absolute Gasteiger partial charge is 0.493 e. The molecule has 0 radical (unpaired) electrons. The van der Waals surface area contributed by atoms with E-state index in [1.807, 2.05) is 7.05 Å². The summed E-state index contributed by atoms with van der Waals surface area (Å²) in [7, 11) is 3.55. The van der Waals surface area contributed by atoms with Crippen molar-refractivity contribution in [2.24, 2.45) is 0 Å². The monoisotopic (exact) mass is 357 g/mol. The third kappa shape index (κ3) is 1.57. The Morgan fingerprint density at radius 3 is 2.88 bits per heavy atom. The lowest BCUT2D eigenvalue weighted by molar-refractivity contribution is -0.185. The Morgan fingerprint density at radius 1 is 1.42 bits per heavy atom. The Labute approximate surface area is 152 Å². The average Bonchev–Trinajstić information content (AvgIpc) is 2.96. The van der Waals surface area contributed by atoms with Crippen molar-refractivity contribution in [1.82, 2.24) is 4.90 Å². The van der Waals surface area contributed by atoms with Crippen LogP contribution in [-0.4, -0.2) is 60.0 Å². The molecule has 0 amide bonds. The van der Waals surface area contributed by atoms with Gasteiger partial charge in [0.25, 0.3) is 0 Å². The number of rotatable bonds is 2. The van der Waals surface area contributed by atoms with E-state index in [0.29, 0.717) is 42.7 Å². The molecule has 2 aliphatic heterocycles. The zero-order chi connectivity index (χ0) is 18.4. The molecule has 26 heavy (non-hydrogen) atoms. The molecule has 1 aromatic rings. The molecular formula is C20H23NO5. The van der Waals surface area contributed by atoms with Crippen LogP contribution in [0.15, 0.2) is 6.07 Å². The van der Waals surface area contributed by atoms with Gasteiger partial charge >= 0.3 is 0 Å². The van der Waals surface area contributed by atoms with Crippen LogP contribution in [0.3, 0.4) is 0 Å². The topological polar surface area (TPSA) is 76.1 Å². The zero-order valence-electron chi connectivity index (χ0n) is 15.3. The SMILES string of the molecule is COc1cc(C(C)=O)c2c3c1O[C@H]1C(=O)CC[C@@]4(O)[C@@H](C2)N(C)CC[C@]314. The van der Waals surface area contributed by atoms with E-state index in [0.717, 1.165) is 17.7 Å². The van der Waals surface area contributed by atoms with E-state index in [1.165, 1.54) is 0 Å². The van der Waals surface area contributed by atoms with Crippen molar-refractivity contribution >= 4 is 11.6 Å². The van der Waals surface area contributed by atoms with Gasteiger partial charge in [-0.1, -0.05) is 0 Å². The predicted octanol–water partition coefficient (Wildman–Crippen LogP) is 1.25. The number of carbonyl (C=O) groups excluding carboxylic acids is 2. The maximum Gasteiger partial charge on any atom is 0.174 e. The van der Waals surface area contributed by atoms with Gasteiger partial charge in [0.05, 0.1) is 18.1 Å². The number of likely N-dealkylation sites (tertiary alicyclic amines) is 1. The van der Waals surface area contributed by atoms with Gasteiger partial charge in [0.2, 0.25) is 0 Å². The molecule has 6 nitrogen and oxygen atoms in total. The van der Waals surface area contributed by atoms with Crippen LogP contribution in [0.1, 0.15) is 47.7 Å². The highest BCUT2D eigenvalue weighted by molar-refractivity contribution is 5.98. The number of ether oxygens (including phenoxy) is 2. The van der Waals surface area contributed by atoms with Crippen LogP contribution in [0.4, 0.5) is 0 Å². The molecule has 6 heteroatoms. The summed E-state index contributed by atoms with van der Waals surface area (Å²) >= 11 is 0. The van der Waals surface area contributed by atoms with Crippen LogP contribution in [0, 0.1) is 0 Å². The second kappa shape index (κ2) is 4.87. The molecule has 1 N–H and O–H groups in total. The fourth-order valence-electron chi connectivity index (χ4n) is 6.07. The van der Waals surface area contributed by atoms with E-state index in [1.54, 1.807) is 20.1 Å². The highest BCUT2D eigenvalue weighted by Gasteiger charge is 2.73. The van der Waals surface area contributed by atoms with Crippen molar-refractivity contribution in [1.29, 1.82) is 0 Å². The van der Waals surface area contributed by atoms with Gasteiger partial charge < -0.3 is 19.5 Å². The second-order valence-electron chi connectivity index (χ2n) is 8.18. The van der Waals surface area contributed by atoms with Gasteiger partial charge in [-0.3, -0.25) is 9.59 Å². The highest BCUT2D eigenvalue weighted by Crippen LogP contribution is 2.65. The van der Waals surface area contributed by atoms with E-state index < -0.39 is 17.1 Å². The number of aliphatic hydroxyl groups is 1. The lowest BCUT2D eigenvalue weighted by Gasteiger charge is -2.62. The minimum absolute atomic E-state index is 0.0331. The van der Waals surface area contributed by atoms with Gasteiger partial charge in [0.15, 0.2) is 29.2 Å². The lowest BCUT2D eigenvalue weighted by atomic mass is 9.48. The molecule has 1 saturated heterocycles. The van der Waals surface area contributed by atoms with Crippen LogP contribution >= 0.6 is 0 Å². The number of carbonyl (C=O) groups is 2. The van der Waals surface area contributed by atoms with Crippen LogP contribution < -0.4 is 9.47 Å². The van der Waals surface area contributed by atoms with Crippen LogP contribution in [0.25, 0.3) is 0 Å². The summed E-state index contributed by atoms with van der Waals surface area (Å²) in [5.41, 5.74) is 0.585. The molecule has 5 rings (SSSR count). The molecule has 4 atom stereocenters. The molecular weight excluding hydrogens is 334 g/mol. The summed E-state index contributed by atoms with van der Waals surface area (Å²) in [5, 5.41) is 11.9. The molecule has 2 fully saturated rings. The quantitative estimate of drug-likeness (QED) is 0.803. The maximum absolute atomic E-state index is 12.8. The minimum atomic E-state index is -1.03. The molecule has 1 saturated carbocycles. The molecule has 4 aliphatic rings. The first-order valence-corrected chi connectivity index (χ1v) is 9.22. The number of likely N-dealkylation sites (N-methyl/N-ethyl adjacent to an activating group) is 1. The summed E-state index contributed by atoms with van der Waals surface area (Å²) in [6.45, 7) is 2.33. The Bertz CT molecular complexity index is 864. The van der Waals surface area contributed by atoms with E-state index in [2.05, 4.69) is 4.90 Å². The molecule has 1 aromatic carbocycles. The van der Waals surface area contributed by atoms with E-state index in [4.69, 9.17) is 9.47 Å². The molecule has 2 bridgehead atoms. The summed E-state index contributed by atoms with van der Waals surface area (Å²) < 4.78 is 11.7. The number of Topliss-reactive ketones (excluding diaryl/α,β-unsaturated/α-hetero) is 2. The summed E-state index contributed by atoms with van der Waals surface area (Å²) in [4.78, 5) is 27.4. The van der Waals surface area contributed by atoms with Crippen molar-refractivity contribution in [2.45, 2.75) is 55.8 Å². The second-order valence-corrected chi connectivity index (χ2v) is 8.18. The van der Waals surface area contributed by atoms with Gasteiger partial charge in [0, 0.05) is 23.6 Å². The Hall–Kier alpha value is -1.92. The standard InChI is InChI=1S/C20H23NO5/c1-10(22)11-8-14(25-3)17-16-12(11)9-15-20(24)5-4-13(23)18(26-17)19(16,20)6-7-21(15)2/h8,15,18,24H,4-7,9H2,1-3H3/t15-,18+,19+,20-/m1/s1. The van der Waals surface area contributed by atoms with Crippen molar-refractivity contribution in [3.8, 4) is 11.5 Å². The van der Waals surface area contributed by atoms with Gasteiger partial charge in [-0.05, 0) is 51.4 Å². The number of ketones is 2. The molecule has 0 unspecified atom stereocenters. The summed E-state index contributed by atoms with van der Waals surface area (Å²) in [6, 6.07) is 1.61. The molecule has 1 spiro atoms. The predicted molar refractivity (Wildman–Crippen MR) is 93.0 cm³/mol. The fraction of sp³-hybridized carbons (Fsp3) is 0.600. The van der Waals surface area contributed by atoms with Gasteiger partial charge in [-0.15, -0.1) is 0 Å². The smallest absolute Gasteiger partial charge is 0.174 e. The van der Waals surface area contributed by atoms with Crippen molar-refractivity contribution in [3.05, 3.63) is 22.8 Å². The Balaban J connectivity index is 1.90. The number of methoxy groups -OCH3 is 1. The fourth-order valence-corrected chi connectivity index (χ4v) is 6.07. The molecule has 2 aliphatic carbocycles. The average molecular weight is 357 g/mol. The number of piperidine rings is 1. The first-order valence-electron chi connectivity index (χ1n) is 9.22. The molecule has 138 valence electrons. The Kier molecular flexibility index (Phi) is 3.05. The third-order valence-electron chi connectivity index (χ3n) is 7.24. The maximum atomic E-state index is 12.8. The summed E-state index contributed by atoms with van der Waals surface area (Å²) in [5.74, 6) is 1.03. The van der Waals surface area contributed by atoms with Gasteiger partial charge in [-0.25, -0.2) is 0 Å². The number of hydrogen-bond acceptors (Lipinski definition) is 6. The normalized spacial score (nSPS) is 37.2. The zero-order valence-corrected chi connectivity index (χ0v) is 15.3. The first kappa shape index (κ1) is 16.3.